The van der Waals surface area contributed by atoms with Crippen LogP contribution < -0.4 is 0 Å². The van der Waals surface area contributed by atoms with Crippen molar-refractivity contribution in [3.63, 3.8) is 0 Å². The summed E-state index contributed by atoms with van der Waals surface area (Å²) in [5.74, 6) is 0.362. The molecule has 0 spiro atoms. The van der Waals surface area contributed by atoms with Crippen molar-refractivity contribution in [3.05, 3.63) is 35.4 Å². The van der Waals surface area contributed by atoms with Gasteiger partial charge in [-0.1, -0.05) is 24.3 Å². The van der Waals surface area contributed by atoms with Gasteiger partial charge >= 0.3 is 0 Å². The van der Waals surface area contributed by atoms with E-state index in [9.17, 15) is 5.11 Å². The van der Waals surface area contributed by atoms with Crippen LogP contribution in [0.1, 0.15) is 18.1 Å². The van der Waals surface area contributed by atoms with E-state index in [-0.39, 0.29) is 0 Å². The molecule has 0 saturated carbocycles. The van der Waals surface area contributed by atoms with Crippen molar-refractivity contribution in [2.45, 2.75) is 13.8 Å². The Morgan fingerprint density at radius 2 is 2.09 bits per heavy atom. The predicted octanol–water partition coefficient (Wildman–Crippen LogP) is 2.73. The minimum Gasteiger partial charge on any atom is -0.508 e. The molecule has 0 aromatic heterocycles. The van der Waals surface area contributed by atoms with E-state index in [4.69, 9.17) is 0 Å². The van der Waals surface area contributed by atoms with Gasteiger partial charge in [0, 0.05) is 0 Å². The molecule has 0 aliphatic carbocycles. The maximum absolute atomic E-state index is 9.29. The van der Waals surface area contributed by atoms with Gasteiger partial charge in [0.15, 0.2) is 0 Å². The van der Waals surface area contributed by atoms with E-state index < -0.39 is 0 Å². The maximum Gasteiger partial charge on any atom is 0.119 e. The van der Waals surface area contributed by atoms with Crippen molar-refractivity contribution < 1.29 is 5.11 Å². The lowest BCUT2D eigenvalue weighted by Crippen LogP contribution is -1.79. The first-order valence-electron chi connectivity index (χ1n) is 3.67. The Bertz CT molecular complexity index is 274. The van der Waals surface area contributed by atoms with Crippen molar-refractivity contribution >= 4 is 6.08 Å². The zero-order chi connectivity index (χ0) is 8.27. The smallest absolute Gasteiger partial charge is 0.119 e. The molecule has 1 aromatic rings. The second kappa shape index (κ2) is 3.24. The SMILES string of the molecule is C/C=C\c1cccc(O)c1C. The summed E-state index contributed by atoms with van der Waals surface area (Å²) in [4.78, 5) is 0. The molecule has 11 heavy (non-hydrogen) atoms. The Balaban J connectivity index is 3.16. The maximum atomic E-state index is 9.29. The van der Waals surface area contributed by atoms with Crippen molar-refractivity contribution in [3.8, 4) is 5.75 Å². The van der Waals surface area contributed by atoms with Gasteiger partial charge in [0.05, 0.1) is 0 Å². The number of benzene rings is 1. The van der Waals surface area contributed by atoms with Crippen LogP contribution >= 0.6 is 0 Å². The van der Waals surface area contributed by atoms with E-state index in [1.165, 1.54) is 0 Å². The number of allylic oxidation sites excluding steroid dienone is 1. The van der Waals surface area contributed by atoms with Crippen LogP contribution in [0, 0.1) is 6.92 Å². The van der Waals surface area contributed by atoms with E-state index in [0.717, 1.165) is 11.1 Å². The van der Waals surface area contributed by atoms with Gasteiger partial charge < -0.3 is 5.11 Å². The minimum absolute atomic E-state index is 0.362. The Morgan fingerprint density at radius 3 is 2.73 bits per heavy atom. The fraction of sp³-hybridized carbons (Fsp3) is 0.200. The fourth-order valence-corrected chi connectivity index (χ4v) is 1.00. The molecule has 1 heteroatoms. The highest BCUT2D eigenvalue weighted by molar-refractivity contribution is 5.56. The third-order valence-electron chi connectivity index (χ3n) is 1.69. The van der Waals surface area contributed by atoms with Crippen molar-refractivity contribution in [1.29, 1.82) is 0 Å². The molecule has 1 nitrogen and oxygen atoms in total. The lowest BCUT2D eigenvalue weighted by Gasteiger charge is -2.01. The zero-order valence-corrected chi connectivity index (χ0v) is 6.83. The fourth-order valence-electron chi connectivity index (χ4n) is 1.00. The molecule has 0 aliphatic rings. The first kappa shape index (κ1) is 7.86. The van der Waals surface area contributed by atoms with Gasteiger partial charge in [0.1, 0.15) is 5.75 Å². The molecule has 0 saturated heterocycles. The molecule has 1 rings (SSSR count). The third-order valence-corrected chi connectivity index (χ3v) is 1.69. The lowest BCUT2D eigenvalue weighted by molar-refractivity contribution is 0.471. The van der Waals surface area contributed by atoms with Gasteiger partial charge in [-0.05, 0) is 31.0 Å². The molecular formula is C10H12O. The number of rotatable bonds is 1. The van der Waals surface area contributed by atoms with Crippen LogP contribution in [0.5, 0.6) is 5.75 Å². The summed E-state index contributed by atoms with van der Waals surface area (Å²) < 4.78 is 0. The van der Waals surface area contributed by atoms with E-state index in [1.807, 2.05) is 38.1 Å². The molecule has 0 unspecified atom stereocenters. The quantitative estimate of drug-likeness (QED) is 0.649. The van der Waals surface area contributed by atoms with Crippen LogP contribution in [0.3, 0.4) is 0 Å². The summed E-state index contributed by atoms with van der Waals surface area (Å²) in [5, 5.41) is 9.29. The van der Waals surface area contributed by atoms with Crippen LogP contribution in [-0.4, -0.2) is 5.11 Å². The first-order chi connectivity index (χ1) is 5.25. The Morgan fingerprint density at radius 1 is 1.36 bits per heavy atom. The largest absolute Gasteiger partial charge is 0.508 e. The molecular weight excluding hydrogens is 136 g/mol. The highest BCUT2D eigenvalue weighted by atomic mass is 16.3. The normalized spacial score (nSPS) is 10.7. The predicted molar refractivity (Wildman–Crippen MR) is 47.6 cm³/mol. The van der Waals surface area contributed by atoms with Crippen molar-refractivity contribution in [2.24, 2.45) is 0 Å². The van der Waals surface area contributed by atoms with Crippen molar-refractivity contribution in [1.82, 2.24) is 0 Å². The molecule has 0 heterocycles. The van der Waals surface area contributed by atoms with Crippen LogP contribution in [0.25, 0.3) is 6.08 Å². The Labute approximate surface area is 67.0 Å². The standard InChI is InChI=1S/C10H12O/c1-3-5-9-6-4-7-10(11)8(9)2/h3-7,11H,1-2H3/b5-3-. The van der Waals surface area contributed by atoms with Crippen LogP contribution in [0.4, 0.5) is 0 Å². The lowest BCUT2D eigenvalue weighted by atomic mass is 10.1. The number of phenolic OH excluding ortho intramolecular Hbond substituents is 1. The van der Waals surface area contributed by atoms with Crippen LogP contribution in [0.2, 0.25) is 0 Å². The highest BCUT2D eigenvalue weighted by Crippen LogP contribution is 2.20. The molecule has 0 atom stereocenters. The van der Waals surface area contributed by atoms with E-state index in [2.05, 4.69) is 0 Å². The Hall–Kier alpha value is -1.24. The monoisotopic (exact) mass is 148 g/mol. The van der Waals surface area contributed by atoms with E-state index >= 15 is 0 Å². The summed E-state index contributed by atoms with van der Waals surface area (Å²) in [6, 6.07) is 5.52. The van der Waals surface area contributed by atoms with Gasteiger partial charge in [-0.25, -0.2) is 0 Å². The second-order valence-corrected chi connectivity index (χ2v) is 2.49. The molecule has 0 amide bonds. The summed E-state index contributed by atoms with van der Waals surface area (Å²) in [5.41, 5.74) is 2.01. The first-order valence-corrected chi connectivity index (χ1v) is 3.67. The van der Waals surface area contributed by atoms with Gasteiger partial charge in [-0.3, -0.25) is 0 Å². The molecule has 0 bridgehead atoms. The van der Waals surface area contributed by atoms with Crippen LogP contribution in [-0.2, 0) is 0 Å². The summed E-state index contributed by atoms with van der Waals surface area (Å²) in [6.07, 6.45) is 3.94. The Kier molecular flexibility index (Phi) is 2.32. The van der Waals surface area contributed by atoms with Crippen LogP contribution in [0.15, 0.2) is 24.3 Å². The molecule has 0 aliphatic heterocycles. The zero-order valence-electron chi connectivity index (χ0n) is 6.83. The molecule has 0 fully saturated rings. The average molecular weight is 148 g/mol. The van der Waals surface area contributed by atoms with Gasteiger partial charge in [0.25, 0.3) is 0 Å². The van der Waals surface area contributed by atoms with E-state index in [0.29, 0.717) is 5.75 Å². The summed E-state index contributed by atoms with van der Waals surface area (Å²) in [7, 11) is 0. The average Bonchev–Trinajstić information content (AvgIpc) is 1.99. The third kappa shape index (κ3) is 1.61. The number of phenols is 1. The molecule has 1 N–H and O–H groups in total. The summed E-state index contributed by atoms with van der Waals surface area (Å²) in [6.45, 7) is 3.87. The second-order valence-electron chi connectivity index (χ2n) is 2.49. The summed E-state index contributed by atoms with van der Waals surface area (Å²) >= 11 is 0. The molecule has 58 valence electrons. The number of aromatic hydroxyl groups is 1. The van der Waals surface area contributed by atoms with Gasteiger partial charge in [-0.2, -0.15) is 0 Å². The topological polar surface area (TPSA) is 20.2 Å². The van der Waals surface area contributed by atoms with Gasteiger partial charge in [0.2, 0.25) is 0 Å². The van der Waals surface area contributed by atoms with Gasteiger partial charge in [-0.15, -0.1) is 0 Å². The molecule has 1 aromatic carbocycles. The number of hydrogen-bond acceptors (Lipinski definition) is 1. The number of hydrogen-bond donors (Lipinski definition) is 1. The minimum atomic E-state index is 0.362. The van der Waals surface area contributed by atoms with Crippen molar-refractivity contribution in [2.75, 3.05) is 0 Å². The van der Waals surface area contributed by atoms with E-state index in [1.54, 1.807) is 6.07 Å². The molecule has 0 radical (unpaired) electrons. The highest BCUT2D eigenvalue weighted by Gasteiger charge is 1.97.